The fourth-order valence-corrected chi connectivity index (χ4v) is 2.76. The Kier molecular flexibility index (Phi) is 6.05. The summed E-state index contributed by atoms with van der Waals surface area (Å²) >= 11 is 0. The second-order valence-corrected chi connectivity index (χ2v) is 7.47. The van der Waals surface area contributed by atoms with Crippen molar-refractivity contribution in [3.8, 4) is 0 Å². The molecule has 1 aromatic rings. The van der Waals surface area contributed by atoms with E-state index in [-0.39, 0.29) is 18.0 Å². The minimum absolute atomic E-state index is 0.118. The van der Waals surface area contributed by atoms with Crippen LogP contribution in [0, 0.1) is 6.92 Å². The number of nitrogens with zero attached hydrogens (tertiary/aromatic N) is 3. The summed E-state index contributed by atoms with van der Waals surface area (Å²) in [5.74, 6) is 0.968. The molecular formula is C17H28N4O4. The van der Waals surface area contributed by atoms with Gasteiger partial charge in [0.1, 0.15) is 11.4 Å². The lowest BCUT2D eigenvalue weighted by atomic mass is 10.0. The molecule has 0 atom stereocenters. The van der Waals surface area contributed by atoms with Crippen LogP contribution in [0.1, 0.15) is 39.4 Å². The van der Waals surface area contributed by atoms with E-state index in [4.69, 9.17) is 9.26 Å². The van der Waals surface area contributed by atoms with Gasteiger partial charge in [-0.15, -0.1) is 0 Å². The number of aryl methyl sites for hydroxylation is 1. The molecule has 1 saturated heterocycles. The summed E-state index contributed by atoms with van der Waals surface area (Å²) in [5.41, 5.74) is -0.496. The molecule has 2 heterocycles. The average molecular weight is 352 g/mol. The van der Waals surface area contributed by atoms with Crippen LogP contribution in [0.25, 0.3) is 0 Å². The van der Waals surface area contributed by atoms with E-state index < -0.39 is 5.60 Å². The van der Waals surface area contributed by atoms with Crippen molar-refractivity contribution in [1.82, 2.24) is 15.0 Å². The number of carbonyl (C=O) groups is 2. The molecule has 0 bridgehead atoms. The summed E-state index contributed by atoms with van der Waals surface area (Å²) in [5, 5.41) is 6.47. The topological polar surface area (TPSA) is 87.9 Å². The zero-order chi connectivity index (χ0) is 18.6. The Morgan fingerprint density at radius 2 is 2.04 bits per heavy atom. The summed E-state index contributed by atoms with van der Waals surface area (Å²) < 4.78 is 10.3. The maximum atomic E-state index is 12.1. The molecule has 1 aromatic heterocycles. The number of piperidine rings is 1. The summed E-state index contributed by atoms with van der Waals surface area (Å²) in [7, 11) is 1.77. The van der Waals surface area contributed by atoms with E-state index in [0.29, 0.717) is 18.1 Å². The molecule has 140 valence electrons. The minimum Gasteiger partial charge on any atom is -0.444 e. The lowest BCUT2D eigenvalue weighted by Gasteiger charge is -2.36. The summed E-state index contributed by atoms with van der Waals surface area (Å²) in [6.45, 7) is 9.15. The second kappa shape index (κ2) is 7.86. The monoisotopic (exact) mass is 352 g/mol. The molecule has 0 aliphatic carbocycles. The maximum Gasteiger partial charge on any atom is 0.410 e. The number of amides is 2. The van der Waals surface area contributed by atoms with Gasteiger partial charge in [-0.05, 0) is 40.5 Å². The van der Waals surface area contributed by atoms with Gasteiger partial charge in [-0.2, -0.15) is 0 Å². The van der Waals surface area contributed by atoms with Gasteiger partial charge in [-0.25, -0.2) is 4.79 Å². The lowest BCUT2D eigenvalue weighted by Crippen LogP contribution is -2.48. The van der Waals surface area contributed by atoms with Crippen LogP contribution < -0.4 is 5.32 Å². The van der Waals surface area contributed by atoms with Crippen LogP contribution in [0.3, 0.4) is 0 Å². The molecule has 25 heavy (non-hydrogen) atoms. The minimum atomic E-state index is -0.496. The van der Waals surface area contributed by atoms with Crippen molar-refractivity contribution >= 4 is 17.8 Å². The van der Waals surface area contributed by atoms with Gasteiger partial charge in [-0.1, -0.05) is 5.16 Å². The van der Waals surface area contributed by atoms with Gasteiger partial charge in [0, 0.05) is 32.2 Å². The number of nitrogens with one attached hydrogen (secondary N) is 1. The molecule has 0 unspecified atom stereocenters. The molecule has 2 amide bonds. The van der Waals surface area contributed by atoms with Gasteiger partial charge in [0.25, 0.3) is 0 Å². The standard InChI is InChI=1S/C17H28N4O4/c1-12-10-14(19-25-12)18-15(22)11-21-8-6-13(7-9-21)20(5)16(23)24-17(2,3)4/h10,13H,6-9,11H2,1-5H3,(H,18,19,22). The quantitative estimate of drug-likeness (QED) is 0.894. The molecule has 0 aromatic carbocycles. The highest BCUT2D eigenvalue weighted by molar-refractivity contribution is 5.91. The third-order valence-electron chi connectivity index (χ3n) is 4.05. The fourth-order valence-electron chi connectivity index (χ4n) is 2.76. The van der Waals surface area contributed by atoms with Crippen molar-refractivity contribution in [3.63, 3.8) is 0 Å². The normalized spacial score (nSPS) is 16.5. The predicted molar refractivity (Wildman–Crippen MR) is 93.3 cm³/mol. The van der Waals surface area contributed by atoms with Gasteiger partial charge < -0.3 is 19.5 Å². The number of rotatable bonds is 4. The van der Waals surface area contributed by atoms with Crippen LogP contribution in [0.4, 0.5) is 10.6 Å². The van der Waals surface area contributed by atoms with Crippen LogP contribution in [0.2, 0.25) is 0 Å². The van der Waals surface area contributed by atoms with E-state index in [2.05, 4.69) is 15.4 Å². The Morgan fingerprint density at radius 1 is 1.40 bits per heavy atom. The molecule has 2 rings (SSSR count). The largest absolute Gasteiger partial charge is 0.444 e. The van der Waals surface area contributed by atoms with Crippen molar-refractivity contribution < 1.29 is 18.8 Å². The zero-order valence-corrected chi connectivity index (χ0v) is 15.7. The first kappa shape index (κ1) is 19.2. The van der Waals surface area contributed by atoms with E-state index in [0.717, 1.165) is 25.9 Å². The van der Waals surface area contributed by atoms with Crippen LogP contribution in [-0.4, -0.2) is 65.3 Å². The van der Waals surface area contributed by atoms with Gasteiger partial charge in [0.05, 0.1) is 6.54 Å². The van der Waals surface area contributed by atoms with E-state index in [1.807, 2.05) is 20.8 Å². The highest BCUT2D eigenvalue weighted by atomic mass is 16.6. The molecule has 8 heteroatoms. The molecule has 8 nitrogen and oxygen atoms in total. The Hall–Kier alpha value is -2.09. The SMILES string of the molecule is Cc1cc(NC(=O)CN2CCC(N(C)C(=O)OC(C)(C)C)CC2)no1. The third kappa shape index (κ3) is 6.04. The van der Waals surface area contributed by atoms with Crippen molar-refractivity contribution in [2.45, 2.75) is 52.2 Å². The number of hydrogen-bond donors (Lipinski definition) is 1. The van der Waals surface area contributed by atoms with Gasteiger partial charge in [0.2, 0.25) is 5.91 Å². The first-order valence-corrected chi connectivity index (χ1v) is 8.55. The molecule has 0 radical (unpaired) electrons. The number of aromatic nitrogens is 1. The zero-order valence-electron chi connectivity index (χ0n) is 15.7. The lowest BCUT2D eigenvalue weighted by molar-refractivity contribution is -0.117. The molecule has 1 N–H and O–H groups in total. The first-order chi connectivity index (χ1) is 11.6. The maximum absolute atomic E-state index is 12.1. The van der Waals surface area contributed by atoms with E-state index in [1.54, 1.807) is 24.9 Å². The molecule has 0 saturated carbocycles. The number of likely N-dealkylation sites (tertiary alicyclic amines) is 1. The predicted octanol–water partition coefficient (Wildman–Crippen LogP) is 2.25. The molecule has 1 aliphatic rings. The first-order valence-electron chi connectivity index (χ1n) is 8.55. The highest BCUT2D eigenvalue weighted by Gasteiger charge is 2.29. The number of ether oxygens (including phenoxy) is 1. The number of anilines is 1. The van der Waals surface area contributed by atoms with Gasteiger partial charge in [-0.3, -0.25) is 9.69 Å². The summed E-state index contributed by atoms with van der Waals surface area (Å²) in [6.07, 6.45) is 1.32. The fraction of sp³-hybridized carbons (Fsp3) is 0.706. The van der Waals surface area contributed by atoms with E-state index in [9.17, 15) is 9.59 Å². The molecular weight excluding hydrogens is 324 g/mol. The Labute approximate surface area is 148 Å². The van der Waals surface area contributed by atoms with Crippen molar-refractivity contribution in [1.29, 1.82) is 0 Å². The Balaban J connectivity index is 1.75. The molecule has 1 aliphatic heterocycles. The smallest absolute Gasteiger partial charge is 0.410 e. The van der Waals surface area contributed by atoms with E-state index in [1.165, 1.54) is 0 Å². The van der Waals surface area contributed by atoms with Crippen molar-refractivity contribution in [3.05, 3.63) is 11.8 Å². The van der Waals surface area contributed by atoms with Crippen LogP contribution in [0.5, 0.6) is 0 Å². The average Bonchev–Trinajstić information content (AvgIpc) is 2.90. The van der Waals surface area contributed by atoms with Crippen LogP contribution >= 0.6 is 0 Å². The number of hydrogen-bond acceptors (Lipinski definition) is 6. The summed E-state index contributed by atoms with van der Waals surface area (Å²) in [6, 6.07) is 1.81. The van der Waals surface area contributed by atoms with Gasteiger partial charge >= 0.3 is 6.09 Å². The van der Waals surface area contributed by atoms with Crippen molar-refractivity contribution in [2.24, 2.45) is 0 Å². The van der Waals surface area contributed by atoms with Crippen LogP contribution in [0.15, 0.2) is 10.6 Å². The third-order valence-corrected chi connectivity index (χ3v) is 4.05. The Bertz CT molecular complexity index is 600. The van der Waals surface area contributed by atoms with E-state index >= 15 is 0 Å². The Morgan fingerprint density at radius 3 is 2.56 bits per heavy atom. The van der Waals surface area contributed by atoms with Gasteiger partial charge in [0.15, 0.2) is 5.82 Å². The highest BCUT2D eigenvalue weighted by Crippen LogP contribution is 2.18. The molecule has 0 spiro atoms. The van der Waals surface area contributed by atoms with Crippen molar-refractivity contribution in [2.75, 3.05) is 32.0 Å². The summed E-state index contributed by atoms with van der Waals surface area (Å²) in [4.78, 5) is 27.9. The van der Waals surface area contributed by atoms with Crippen LogP contribution in [-0.2, 0) is 9.53 Å². The number of carbonyl (C=O) groups excluding carboxylic acids is 2. The molecule has 1 fully saturated rings. The second-order valence-electron chi connectivity index (χ2n) is 7.47.